The number of rotatable bonds is 7. The van der Waals surface area contributed by atoms with Gasteiger partial charge in [0.1, 0.15) is 6.04 Å². The highest BCUT2D eigenvalue weighted by Crippen LogP contribution is 2.06. The van der Waals surface area contributed by atoms with E-state index in [-0.39, 0.29) is 12.3 Å². The van der Waals surface area contributed by atoms with Crippen LogP contribution in [0.2, 0.25) is 0 Å². The normalized spacial score (nSPS) is 11.7. The van der Waals surface area contributed by atoms with E-state index in [0.717, 1.165) is 0 Å². The summed E-state index contributed by atoms with van der Waals surface area (Å²) < 4.78 is 0. The van der Waals surface area contributed by atoms with Crippen LogP contribution in [0.1, 0.15) is 33.6 Å². The third kappa shape index (κ3) is 6.09. The smallest absolute Gasteiger partial charge is 0.326 e. The van der Waals surface area contributed by atoms with Crippen LogP contribution in [0.15, 0.2) is 0 Å². The zero-order valence-electron chi connectivity index (χ0n) is 11.1. The number of nitrogens with zero attached hydrogens (tertiary/aromatic N) is 2. The number of carboxylic acid groups (broad SMARTS) is 1. The first kappa shape index (κ1) is 16.2. The zero-order chi connectivity index (χ0) is 14.1. The van der Waals surface area contributed by atoms with Gasteiger partial charge in [-0.25, -0.2) is 9.59 Å². The highest BCUT2D eigenvalue weighted by molar-refractivity contribution is 5.82. The van der Waals surface area contributed by atoms with Gasteiger partial charge in [-0.1, -0.05) is 13.8 Å². The van der Waals surface area contributed by atoms with Crippen molar-refractivity contribution in [2.45, 2.75) is 39.7 Å². The molecule has 0 rings (SSSR count). The Bertz CT molecular complexity index is 323. The number of carbonyl (C=O) groups excluding carboxylic acids is 1. The van der Waals surface area contributed by atoms with E-state index in [1.54, 1.807) is 6.92 Å². The van der Waals surface area contributed by atoms with Crippen molar-refractivity contribution in [1.82, 2.24) is 10.2 Å². The summed E-state index contributed by atoms with van der Waals surface area (Å²) in [5.74, 6) is -0.853. The molecule has 0 saturated carbocycles. The maximum absolute atomic E-state index is 11.8. The number of amides is 2. The fraction of sp³-hybridized carbons (Fsp3) is 0.750. The molecule has 18 heavy (non-hydrogen) atoms. The number of nitrogens with one attached hydrogen (secondary N) is 1. The molecule has 2 amide bonds. The molecule has 2 N–H and O–H groups in total. The minimum absolute atomic E-state index is 0.181. The molecule has 0 spiro atoms. The minimum Gasteiger partial charge on any atom is -0.480 e. The van der Waals surface area contributed by atoms with Crippen molar-refractivity contribution in [1.29, 1.82) is 5.26 Å². The second-order valence-electron chi connectivity index (χ2n) is 4.46. The van der Waals surface area contributed by atoms with Crippen molar-refractivity contribution >= 4 is 12.0 Å². The van der Waals surface area contributed by atoms with Crippen LogP contribution in [-0.2, 0) is 4.79 Å². The molecule has 0 aromatic rings. The van der Waals surface area contributed by atoms with Crippen LogP contribution >= 0.6 is 0 Å². The molecule has 0 aliphatic rings. The van der Waals surface area contributed by atoms with Crippen LogP contribution in [0.5, 0.6) is 0 Å². The van der Waals surface area contributed by atoms with Gasteiger partial charge in [-0.15, -0.1) is 0 Å². The molecular formula is C12H21N3O3. The summed E-state index contributed by atoms with van der Waals surface area (Å²) in [4.78, 5) is 24.3. The lowest BCUT2D eigenvalue weighted by Crippen LogP contribution is -2.48. The summed E-state index contributed by atoms with van der Waals surface area (Å²) in [6.07, 6.45) is 0.625. The molecule has 0 bridgehead atoms. The number of carbonyl (C=O) groups is 2. The highest BCUT2D eigenvalue weighted by Gasteiger charge is 2.23. The van der Waals surface area contributed by atoms with E-state index in [4.69, 9.17) is 10.4 Å². The maximum Gasteiger partial charge on any atom is 0.326 e. The third-order valence-corrected chi connectivity index (χ3v) is 2.47. The van der Waals surface area contributed by atoms with Gasteiger partial charge in [-0.05, 0) is 19.3 Å². The number of nitriles is 1. The van der Waals surface area contributed by atoms with E-state index in [1.807, 2.05) is 19.9 Å². The Morgan fingerprint density at radius 2 is 2.06 bits per heavy atom. The molecule has 0 aliphatic carbocycles. The van der Waals surface area contributed by atoms with E-state index < -0.39 is 18.0 Å². The van der Waals surface area contributed by atoms with E-state index >= 15 is 0 Å². The summed E-state index contributed by atoms with van der Waals surface area (Å²) >= 11 is 0. The predicted molar refractivity (Wildman–Crippen MR) is 66.9 cm³/mol. The predicted octanol–water partition coefficient (Wildman–Crippen LogP) is 1.43. The van der Waals surface area contributed by atoms with E-state index in [9.17, 15) is 9.59 Å². The van der Waals surface area contributed by atoms with Gasteiger partial charge in [-0.3, -0.25) is 0 Å². The molecule has 0 radical (unpaired) electrons. The van der Waals surface area contributed by atoms with E-state index in [1.165, 1.54) is 4.90 Å². The van der Waals surface area contributed by atoms with Crippen molar-refractivity contribution in [2.24, 2.45) is 5.92 Å². The third-order valence-electron chi connectivity index (χ3n) is 2.47. The van der Waals surface area contributed by atoms with Crippen molar-refractivity contribution in [3.8, 4) is 6.07 Å². The molecule has 0 aliphatic heterocycles. The number of hydrogen-bond acceptors (Lipinski definition) is 3. The summed E-state index contributed by atoms with van der Waals surface area (Å²) in [5, 5.41) is 20.0. The average molecular weight is 255 g/mol. The van der Waals surface area contributed by atoms with Gasteiger partial charge in [0.2, 0.25) is 0 Å². The molecule has 102 valence electrons. The standard InChI is InChI=1S/C12H21N3O3/c1-4-15(7-5-6-13)12(18)14-10(11(16)17)8-9(2)3/h9-10H,4-5,7-8H2,1-3H3,(H,14,18)(H,16,17)/t10-/m0/s1. The number of urea groups is 1. The topological polar surface area (TPSA) is 93.4 Å². The van der Waals surface area contributed by atoms with Crippen LogP contribution in [0.25, 0.3) is 0 Å². The van der Waals surface area contributed by atoms with E-state index in [2.05, 4.69) is 5.32 Å². The van der Waals surface area contributed by atoms with Crippen LogP contribution in [0.4, 0.5) is 4.79 Å². The molecule has 0 unspecified atom stereocenters. The molecule has 1 atom stereocenters. The summed E-state index contributed by atoms with van der Waals surface area (Å²) in [5.41, 5.74) is 0. The molecular weight excluding hydrogens is 234 g/mol. The second kappa shape index (κ2) is 8.34. The van der Waals surface area contributed by atoms with Crippen molar-refractivity contribution in [2.75, 3.05) is 13.1 Å². The molecule has 0 aromatic carbocycles. The monoisotopic (exact) mass is 255 g/mol. The van der Waals surface area contributed by atoms with Crippen LogP contribution < -0.4 is 5.32 Å². The largest absolute Gasteiger partial charge is 0.480 e. The fourth-order valence-electron chi connectivity index (χ4n) is 1.52. The lowest BCUT2D eigenvalue weighted by Gasteiger charge is -2.23. The second-order valence-corrected chi connectivity index (χ2v) is 4.46. The Labute approximate surface area is 108 Å². The van der Waals surface area contributed by atoms with Crippen molar-refractivity contribution in [3.05, 3.63) is 0 Å². The van der Waals surface area contributed by atoms with Crippen LogP contribution in [0, 0.1) is 17.2 Å². The minimum atomic E-state index is -1.03. The van der Waals surface area contributed by atoms with Gasteiger partial charge in [0, 0.05) is 13.1 Å². The first-order valence-corrected chi connectivity index (χ1v) is 6.07. The number of aliphatic carboxylic acids is 1. The van der Waals surface area contributed by atoms with Crippen LogP contribution in [0.3, 0.4) is 0 Å². The summed E-state index contributed by atoms with van der Waals surface area (Å²) in [7, 11) is 0. The Morgan fingerprint density at radius 3 is 2.44 bits per heavy atom. The lowest BCUT2D eigenvalue weighted by molar-refractivity contribution is -0.139. The van der Waals surface area contributed by atoms with Gasteiger partial charge in [0.05, 0.1) is 12.5 Å². The highest BCUT2D eigenvalue weighted by atomic mass is 16.4. The van der Waals surface area contributed by atoms with Crippen molar-refractivity contribution in [3.63, 3.8) is 0 Å². The van der Waals surface area contributed by atoms with Gasteiger partial charge < -0.3 is 15.3 Å². The molecule has 0 saturated heterocycles. The fourth-order valence-corrected chi connectivity index (χ4v) is 1.52. The van der Waals surface area contributed by atoms with Gasteiger partial charge >= 0.3 is 12.0 Å². The molecule has 6 heteroatoms. The summed E-state index contributed by atoms with van der Waals surface area (Å²) in [6.45, 7) is 6.34. The molecule has 0 heterocycles. The Morgan fingerprint density at radius 1 is 1.44 bits per heavy atom. The summed E-state index contributed by atoms with van der Waals surface area (Å²) in [6, 6.07) is 0.647. The zero-order valence-corrected chi connectivity index (χ0v) is 11.1. The first-order valence-electron chi connectivity index (χ1n) is 6.07. The quantitative estimate of drug-likeness (QED) is 0.719. The Balaban J connectivity index is 4.47. The van der Waals surface area contributed by atoms with Gasteiger partial charge in [0.25, 0.3) is 0 Å². The first-order chi connectivity index (χ1) is 8.42. The van der Waals surface area contributed by atoms with E-state index in [0.29, 0.717) is 19.5 Å². The SMILES string of the molecule is CCN(CCC#N)C(=O)N[C@@H](CC(C)C)C(=O)O. The van der Waals surface area contributed by atoms with Gasteiger partial charge in [0.15, 0.2) is 0 Å². The van der Waals surface area contributed by atoms with Crippen molar-refractivity contribution < 1.29 is 14.7 Å². The lowest BCUT2D eigenvalue weighted by atomic mass is 10.0. The molecule has 0 aromatic heterocycles. The number of carboxylic acids is 1. The van der Waals surface area contributed by atoms with Crippen LogP contribution in [-0.4, -0.2) is 41.1 Å². The Kier molecular flexibility index (Phi) is 7.52. The molecule has 6 nitrogen and oxygen atoms in total. The number of hydrogen-bond donors (Lipinski definition) is 2. The maximum atomic E-state index is 11.8. The molecule has 0 fully saturated rings. The van der Waals surface area contributed by atoms with Gasteiger partial charge in [-0.2, -0.15) is 5.26 Å². The average Bonchev–Trinajstić information content (AvgIpc) is 2.28. The Hall–Kier alpha value is -1.77.